The van der Waals surface area contributed by atoms with Crippen LogP contribution in [0, 0.1) is 11.3 Å². The molecule has 1 saturated carbocycles. The topological polar surface area (TPSA) is 60.9 Å². The van der Waals surface area contributed by atoms with Crippen LogP contribution >= 0.6 is 0 Å². The van der Waals surface area contributed by atoms with E-state index in [4.69, 9.17) is 0 Å². The van der Waals surface area contributed by atoms with Gasteiger partial charge in [0, 0.05) is 44.3 Å². The fourth-order valence-corrected chi connectivity index (χ4v) is 6.31. The summed E-state index contributed by atoms with van der Waals surface area (Å²) in [6.07, 6.45) is 5.99. The molecule has 3 fully saturated rings. The Bertz CT molecular complexity index is 766. The van der Waals surface area contributed by atoms with E-state index in [1.165, 1.54) is 10.5 Å². The average molecular weight is 383 g/mol. The van der Waals surface area contributed by atoms with Gasteiger partial charge in [0.25, 0.3) is 0 Å². The number of rotatable bonds is 4. The zero-order valence-corrected chi connectivity index (χ0v) is 16.5. The highest BCUT2D eigenvalue weighted by atomic mass is 16.3. The highest BCUT2D eigenvalue weighted by Gasteiger charge is 2.46. The van der Waals surface area contributed by atoms with E-state index in [-0.39, 0.29) is 29.3 Å². The molecule has 1 aromatic rings. The molecule has 2 aliphatic carbocycles. The Balaban J connectivity index is 1.15. The summed E-state index contributed by atoms with van der Waals surface area (Å²) >= 11 is 0. The molecule has 5 rings (SSSR count). The van der Waals surface area contributed by atoms with Gasteiger partial charge in [-0.1, -0.05) is 37.1 Å². The maximum atomic E-state index is 12.6. The lowest BCUT2D eigenvalue weighted by Gasteiger charge is -2.37. The molecule has 1 spiro atoms. The lowest BCUT2D eigenvalue weighted by molar-refractivity contribution is -0.153. The van der Waals surface area contributed by atoms with Crippen LogP contribution in [0.15, 0.2) is 24.3 Å². The van der Waals surface area contributed by atoms with Gasteiger partial charge in [-0.15, -0.1) is 0 Å². The highest BCUT2D eigenvalue weighted by molar-refractivity contribution is 5.98. The van der Waals surface area contributed by atoms with Gasteiger partial charge in [0.15, 0.2) is 0 Å². The van der Waals surface area contributed by atoms with Crippen LogP contribution in [0.2, 0.25) is 0 Å². The van der Waals surface area contributed by atoms with Gasteiger partial charge in [0.2, 0.25) is 11.8 Å². The zero-order valence-electron chi connectivity index (χ0n) is 16.5. The number of carbonyl (C=O) groups excluding carboxylic acids is 2. The normalized spacial score (nSPS) is 31.6. The third kappa shape index (κ3) is 3.00. The monoisotopic (exact) mass is 382 g/mol. The summed E-state index contributed by atoms with van der Waals surface area (Å²) in [4.78, 5) is 29.1. The fourth-order valence-electron chi connectivity index (χ4n) is 6.31. The van der Waals surface area contributed by atoms with Crippen molar-refractivity contribution in [3.63, 3.8) is 0 Å². The van der Waals surface area contributed by atoms with Crippen LogP contribution in [0.5, 0.6) is 0 Å². The third-order valence-corrected chi connectivity index (χ3v) is 7.74. The third-order valence-electron chi connectivity index (χ3n) is 7.74. The molecule has 150 valence electrons. The molecule has 0 radical (unpaired) electrons. The largest absolute Gasteiger partial charge is 0.388 e. The van der Waals surface area contributed by atoms with Crippen molar-refractivity contribution in [1.29, 1.82) is 0 Å². The molecule has 1 N–H and O–H groups in total. The Labute approximate surface area is 166 Å². The second-order valence-electron chi connectivity index (χ2n) is 9.46. The molecular formula is C23H30N2O3. The molecule has 5 heteroatoms. The number of fused-ring (bicyclic) bond motifs is 3. The number of carbonyl (C=O) groups is 2. The molecule has 3 atom stereocenters. The summed E-state index contributed by atoms with van der Waals surface area (Å²) < 4.78 is 0. The van der Waals surface area contributed by atoms with Crippen LogP contribution in [-0.4, -0.2) is 52.9 Å². The van der Waals surface area contributed by atoms with Gasteiger partial charge in [-0.05, 0) is 42.3 Å². The Kier molecular flexibility index (Phi) is 4.55. The van der Waals surface area contributed by atoms with Gasteiger partial charge in [0.1, 0.15) is 0 Å². The minimum atomic E-state index is -0.362. The quantitative estimate of drug-likeness (QED) is 0.814. The van der Waals surface area contributed by atoms with Crippen molar-refractivity contribution in [2.24, 2.45) is 11.3 Å². The number of hydrogen-bond acceptors (Lipinski definition) is 4. The van der Waals surface area contributed by atoms with E-state index in [9.17, 15) is 14.7 Å². The number of benzene rings is 1. The van der Waals surface area contributed by atoms with Crippen LogP contribution in [0.3, 0.4) is 0 Å². The highest BCUT2D eigenvalue weighted by Crippen LogP contribution is 2.49. The predicted octanol–water partition coefficient (Wildman–Crippen LogP) is 2.85. The number of nitrogens with zero attached hydrogens (tertiary/aromatic N) is 2. The summed E-state index contributed by atoms with van der Waals surface area (Å²) in [5.74, 6) is 0.770. The van der Waals surface area contributed by atoms with Crippen LogP contribution in [0.1, 0.15) is 68.1 Å². The lowest BCUT2D eigenvalue weighted by Crippen LogP contribution is -2.47. The smallest absolute Gasteiger partial charge is 0.229 e. The van der Waals surface area contributed by atoms with Crippen molar-refractivity contribution in [2.45, 2.75) is 57.0 Å². The van der Waals surface area contributed by atoms with Crippen molar-refractivity contribution in [3.8, 4) is 0 Å². The van der Waals surface area contributed by atoms with Crippen LogP contribution < -0.4 is 0 Å². The first kappa shape index (κ1) is 18.3. The van der Waals surface area contributed by atoms with E-state index in [1.807, 2.05) is 12.1 Å². The molecule has 0 bridgehead atoms. The zero-order chi connectivity index (χ0) is 19.3. The number of likely N-dealkylation sites (tertiary alicyclic amines) is 2. The van der Waals surface area contributed by atoms with E-state index >= 15 is 0 Å². The number of imide groups is 1. The van der Waals surface area contributed by atoms with E-state index in [0.717, 1.165) is 57.3 Å². The Morgan fingerprint density at radius 1 is 0.964 bits per heavy atom. The molecular weight excluding hydrogens is 352 g/mol. The molecule has 2 aliphatic heterocycles. The number of aliphatic hydroxyl groups excluding tert-OH is 1. The average Bonchev–Trinajstić information content (AvgIpc) is 3.36. The Morgan fingerprint density at radius 2 is 1.64 bits per heavy atom. The molecule has 0 aromatic heterocycles. The van der Waals surface area contributed by atoms with Crippen molar-refractivity contribution in [1.82, 2.24) is 9.80 Å². The molecule has 2 amide bonds. The van der Waals surface area contributed by atoms with Crippen molar-refractivity contribution >= 4 is 11.8 Å². The van der Waals surface area contributed by atoms with Gasteiger partial charge >= 0.3 is 0 Å². The molecule has 5 nitrogen and oxygen atoms in total. The van der Waals surface area contributed by atoms with Gasteiger partial charge in [-0.3, -0.25) is 14.5 Å². The summed E-state index contributed by atoms with van der Waals surface area (Å²) in [6, 6.07) is 8.26. The van der Waals surface area contributed by atoms with Gasteiger partial charge in [-0.25, -0.2) is 0 Å². The van der Waals surface area contributed by atoms with Crippen molar-refractivity contribution in [3.05, 3.63) is 35.4 Å². The fraction of sp³-hybridized carbons (Fsp3) is 0.652. The Morgan fingerprint density at radius 3 is 2.36 bits per heavy atom. The maximum Gasteiger partial charge on any atom is 0.229 e. The summed E-state index contributed by atoms with van der Waals surface area (Å²) in [5, 5.41) is 10.6. The van der Waals surface area contributed by atoms with E-state index in [1.54, 1.807) is 0 Å². The molecule has 2 saturated heterocycles. The molecule has 2 heterocycles. The van der Waals surface area contributed by atoms with Gasteiger partial charge in [0.05, 0.1) is 6.10 Å². The first-order valence-electron chi connectivity index (χ1n) is 10.9. The van der Waals surface area contributed by atoms with Crippen LogP contribution in [0.4, 0.5) is 0 Å². The first-order chi connectivity index (χ1) is 13.6. The van der Waals surface area contributed by atoms with E-state index in [2.05, 4.69) is 17.0 Å². The molecule has 3 unspecified atom stereocenters. The van der Waals surface area contributed by atoms with E-state index in [0.29, 0.717) is 25.3 Å². The molecule has 1 aromatic carbocycles. The van der Waals surface area contributed by atoms with Crippen LogP contribution in [0.25, 0.3) is 0 Å². The molecule has 28 heavy (non-hydrogen) atoms. The number of piperidine rings is 1. The standard InChI is InChI=1S/C23H30N2O3/c26-20-12-23(8-3-4-9-23)13-21(27)25(20)11-5-10-24-14-18-16-6-1-2-7-17(16)22(28)19(18)15-24/h1-2,6-7,18-19,22,28H,3-5,8-15H2. The van der Waals surface area contributed by atoms with Gasteiger partial charge in [-0.2, -0.15) is 0 Å². The summed E-state index contributed by atoms with van der Waals surface area (Å²) in [6.45, 7) is 3.28. The SMILES string of the molecule is O=C1CC2(CCCC2)CC(=O)N1CCCN1CC2c3ccccc3C(O)C2C1. The minimum absolute atomic E-state index is 0.0133. The predicted molar refractivity (Wildman–Crippen MR) is 106 cm³/mol. The summed E-state index contributed by atoms with van der Waals surface area (Å²) in [5.41, 5.74) is 2.38. The number of aliphatic hydroxyl groups is 1. The number of hydrogen-bond donors (Lipinski definition) is 1. The minimum Gasteiger partial charge on any atom is -0.388 e. The van der Waals surface area contributed by atoms with Crippen LogP contribution in [-0.2, 0) is 9.59 Å². The van der Waals surface area contributed by atoms with Crippen molar-refractivity contribution in [2.75, 3.05) is 26.2 Å². The molecule has 4 aliphatic rings. The lowest BCUT2D eigenvalue weighted by atomic mass is 9.76. The second kappa shape index (κ2) is 6.96. The summed E-state index contributed by atoms with van der Waals surface area (Å²) in [7, 11) is 0. The number of amides is 2. The van der Waals surface area contributed by atoms with E-state index < -0.39 is 0 Å². The maximum absolute atomic E-state index is 12.6. The first-order valence-corrected chi connectivity index (χ1v) is 10.9. The van der Waals surface area contributed by atoms with Gasteiger partial charge < -0.3 is 10.0 Å². The van der Waals surface area contributed by atoms with Crippen molar-refractivity contribution < 1.29 is 14.7 Å². The Hall–Kier alpha value is -1.72. The second-order valence-corrected chi connectivity index (χ2v) is 9.46.